The summed E-state index contributed by atoms with van der Waals surface area (Å²) in [5, 5.41) is 0. The van der Waals surface area contributed by atoms with Crippen LogP contribution in [0.15, 0.2) is 91.0 Å². The van der Waals surface area contributed by atoms with Gasteiger partial charge in [-0.25, -0.2) is 4.79 Å². The second-order valence-electron chi connectivity index (χ2n) is 9.90. The third-order valence-corrected chi connectivity index (χ3v) is 6.49. The first-order valence-corrected chi connectivity index (χ1v) is 12.4. The van der Waals surface area contributed by atoms with Crippen molar-refractivity contribution >= 4 is 12.0 Å². The lowest BCUT2D eigenvalue weighted by Crippen LogP contribution is -2.13. The Morgan fingerprint density at radius 1 is 0.861 bits per heavy atom. The molecule has 0 radical (unpaired) electrons. The van der Waals surface area contributed by atoms with Gasteiger partial charge in [0.15, 0.2) is 0 Å². The number of esters is 1. The van der Waals surface area contributed by atoms with Crippen molar-refractivity contribution in [3.8, 4) is 33.8 Å². The summed E-state index contributed by atoms with van der Waals surface area (Å²) in [5.41, 5.74) is 7.07. The van der Waals surface area contributed by atoms with Crippen LogP contribution in [0.3, 0.4) is 0 Å². The van der Waals surface area contributed by atoms with Crippen LogP contribution in [0.25, 0.3) is 28.3 Å². The Morgan fingerprint density at radius 2 is 1.47 bits per heavy atom. The molecule has 0 unspecified atom stereocenters. The molecule has 4 heteroatoms. The van der Waals surface area contributed by atoms with Crippen molar-refractivity contribution in [2.24, 2.45) is 5.41 Å². The smallest absolute Gasteiger partial charge is 0.330 e. The van der Waals surface area contributed by atoms with Crippen LogP contribution in [0.2, 0.25) is 0 Å². The van der Waals surface area contributed by atoms with Gasteiger partial charge in [0.2, 0.25) is 0 Å². The number of carbonyl (C=O) groups excluding carboxylic acids is 1. The quantitative estimate of drug-likeness (QED) is 0.202. The van der Waals surface area contributed by atoms with Crippen molar-refractivity contribution in [3.63, 3.8) is 0 Å². The fraction of sp³-hybridized carbons (Fsp3) is 0.219. The predicted octanol–water partition coefficient (Wildman–Crippen LogP) is 7.77. The molecule has 182 valence electrons. The number of aromatic nitrogens is 1. The van der Waals surface area contributed by atoms with E-state index in [9.17, 15) is 4.79 Å². The summed E-state index contributed by atoms with van der Waals surface area (Å²) >= 11 is 0. The summed E-state index contributed by atoms with van der Waals surface area (Å²) < 4.78 is 13.6. The van der Waals surface area contributed by atoms with E-state index in [4.69, 9.17) is 9.47 Å². The minimum atomic E-state index is -0.330. The van der Waals surface area contributed by atoms with Crippen molar-refractivity contribution in [1.82, 2.24) is 4.57 Å². The molecule has 1 aliphatic rings. The molecule has 4 aromatic rings. The number of carbonyl (C=O) groups is 1. The standard InChI is InChI=1S/C32H31NO3/c1-4-35-29(34)20-19-27-30(24-15-17-26(18-16-24)36-25-13-9-6-10-14-25)31(23-11-7-5-8-12-23)28-21-32(2,3)22-33(27)28/h5-20H,4,21-22H2,1-3H3. The third kappa shape index (κ3) is 4.85. The lowest BCUT2D eigenvalue weighted by atomic mass is 9.86. The van der Waals surface area contributed by atoms with Crippen LogP contribution in [0.1, 0.15) is 32.2 Å². The molecule has 36 heavy (non-hydrogen) atoms. The largest absolute Gasteiger partial charge is 0.463 e. The van der Waals surface area contributed by atoms with E-state index in [2.05, 4.69) is 54.8 Å². The summed E-state index contributed by atoms with van der Waals surface area (Å²) in [6.07, 6.45) is 4.42. The van der Waals surface area contributed by atoms with Gasteiger partial charge < -0.3 is 14.0 Å². The molecule has 0 saturated heterocycles. The maximum absolute atomic E-state index is 12.3. The van der Waals surface area contributed by atoms with Crippen molar-refractivity contribution in [1.29, 1.82) is 0 Å². The summed E-state index contributed by atoms with van der Waals surface area (Å²) in [6, 6.07) is 28.5. The van der Waals surface area contributed by atoms with E-state index in [-0.39, 0.29) is 11.4 Å². The Bertz CT molecular complexity index is 1380. The van der Waals surface area contributed by atoms with Crippen LogP contribution in [-0.4, -0.2) is 17.1 Å². The normalized spacial score (nSPS) is 14.1. The topological polar surface area (TPSA) is 40.5 Å². The minimum absolute atomic E-state index is 0.136. The Hall–Kier alpha value is -4.05. The number of rotatable bonds is 7. The Balaban J connectivity index is 1.64. The van der Waals surface area contributed by atoms with Crippen LogP contribution in [0.5, 0.6) is 11.5 Å². The molecule has 1 aromatic heterocycles. The highest BCUT2D eigenvalue weighted by Gasteiger charge is 2.35. The summed E-state index contributed by atoms with van der Waals surface area (Å²) in [6.45, 7) is 7.65. The highest BCUT2D eigenvalue weighted by molar-refractivity contribution is 5.95. The number of para-hydroxylation sites is 1. The first-order valence-electron chi connectivity index (χ1n) is 12.4. The second-order valence-corrected chi connectivity index (χ2v) is 9.90. The van der Waals surface area contributed by atoms with E-state index >= 15 is 0 Å². The molecule has 0 atom stereocenters. The van der Waals surface area contributed by atoms with Crippen molar-refractivity contribution < 1.29 is 14.3 Å². The molecule has 0 bridgehead atoms. The zero-order valence-corrected chi connectivity index (χ0v) is 21.0. The van der Waals surface area contributed by atoms with E-state index in [1.165, 1.54) is 16.8 Å². The molecule has 0 spiro atoms. The molecule has 5 rings (SSSR count). The van der Waals surface area contributed by atoms with Crippen LogP contribution in [0.4, 0.5) is 0 Å². The molecule has 0 saturated carbocycles. The van der Waals surface area contributed by atoms with E-state index in [1.807, 2.05) is 61.5 Å². The van der Waals surface area contributed by atoms with Crippen LogP contribution < -0.4 is 4.74 Å². The van der Waals surface area contributed by atoms with Crippen LogP contribution in [-0.2, 0) is 22.5 Å². The van der Waals surface area contributed by atoms with E-state index in [0.717, 1.165) is 41.3 Å². The number of hydrogen-bond acceptors (Lipinski definition) is 3. The van der Waals surface area contributed by atoms with E-state index in [1.54, 1.807) is 6.08 Å². The van der Waals surface area contributed by atoms with Gasteiger partial charge in [0, 0.05) is 35.1 Å². The lowest BCUT2D eigenvalue weighted by Gasteiger charge is -2.18. The summed E-state index contributed by atoms with van der Waals surface area (Å²) in [5.74, 6) is 1.25. The third-order valence-electron chi connectivity index (χ3n) is 6.49. The van der Waals surface area contributed by atoms with Crippen LogP contribution >= 0.6 is 0 Å². The number of benzene rings is 3. The highest BCUT2D eigenvalue weighted by Crippen LogP contribution is 2.47. The molecule has 0 aliphatic carbocycles. The van der Waals surface area contributed by atoms with Gasteiger partial charge in [-0.2, -0.15) is 0 Å². The average molecular weight is 478 g/mol. The lowest BCUT2D eigenvalue weighted by molar-refractivity contribution is -0.137. The van der Waals surface area contributed by atoms with Crippen molar-refractivity contribution in [3.05, 3.63) is 102 Å². The van der Waals surface area contributed by atoms with Crippen molar-refractivity contribution in [2.45, 2.75) is 33.7 Å². The van der Waals surface area contributed by atoms with Gasteiger partial charge >= 0.3 is 5.97 Å². The van der Waals surface area contributed by atoms with Crippen LogP contribution in [0, 0.1) is 5.41 Å². The minimum Gasteiger partial charge on any atom is -0.463 e. The first kappa shape index (κ1) is 23.7. The SMILES string of the molecule is CCOC(=O)C=Cc1c(-c2ccc(Oc3ccccc3)cc2)c(-c2ccccc2)c2n1CC(C)(C)C2. The van der Waals surface area contributed by atoms with Gasteiger partial charge in [0.25, 0.3) is 0 Å². The molecule has 0 amide bonds. The fourth-order valence-corrected chi connectivity index (χ4v) is 5.02. The van der Waals surface area contributed by atoms with Gasteiger partial charge in [-0.05, 0) is 60.2 Å². The van der Waals surface area contributed by atoms with Gasteiger partial charge in [-0.1, -0.05) is 74.5 Å². The average Bonchev–Trinajstić information content (AvgIpc) is 3.34. The van der Waals surface area contributed by atoms with Gasteiger partial charge in [0.1, 0.15) is 11.5 Å². The zero-order chi connectivity index (χ0) is 25.1. The Labute approximate surface area is 212 Å². The predicted molar refractivity (Wildman–Crippen MR) is 145 cm³/mol. The number of ether oxygens (including phenoxy) is 2. The Morgan fingerprint density at radius 3 is 2.14 bits per heavy atom. The van der Waals surface area contributed by atoms with E-state index in [0.29, 0.717) is 6.61 Å². The van der Waals surface area contributed by atoms with Crippen molar-refractivity contribution in [2.75, 3.05) is 6.61 Å². The maximum atomic E-state index is 12.3. The molecule has 0 N–H and O–H groups in total. The number of fused-ring (bicyclic) bond motifs is 1. The second kappa shape index (κ2) is 9.90. The summed E-state index contributed by atoms with van der Waals surface area (Å²) in [7, 11) is 0. The summed E-state index contributed by atoms with van der Waals surface area (Å²) in [4.78, 5) is 12.3. The Kier molecular flexibility index (Phi) is 6.51. The molecule has 4 nitrogen and oxygen atoms in total. The zero-order valence-electron chi connectivity index (χ0n) is 21.0. The molecule has 3 aromatic carbocycles. The van der Waals surface area contributed by atoms with Gasteiger partial charge in [0.05, 0.1) is 6.61 Å². The number of hydrogen-bond donors (Lipinski definition) is 0. The van der Waals surface area contributed by atoms with E-state index < -0.39 is 0 Å². The molecule has 0 fully saturated rings. The highest BCUT2D eigenvalue weighted by atomic mass is 16.5. The number of nitrogens with zero attached hydrogens (tertiary/aromatic N) is 1. The molecule has 1 aliphatic heterocycles. The maximum Gasteiger partial charge on any atom is 0.330 e. The van der Waals surface area contributed by atoms with Gasteiger partial charge in [-0.15, -0.1) is 0 Å². The molecular formula is C32H31NO3. The van der Waals surface area contributed by atoms with Gasteiger partial charge in [-0.3, -0.25) is 0 Å². The molecule has 2 heterocycles. The molecular weight excluding hydrogens is 446 g/mol. The fourth-order valence-electron chi connectivity index (χ4n) is 5.02. The first-order chi connectivity index (χ1) is 17.4. The monoisotopic (exact) mass is 477 g/mol.